The molecule has 0 fully saturated rings. The molecule has 4 aromatic rings. The molecule has 53 heavy (non-hydrogen) atoms. The van der Waals surface area contributed by atoms with Gasteiger partial charge < -0.3 is 30.0 Å². The number of hydrogen-bond donors (Lipinski definition) is 2. The number of carbonyl (C=O) groups excluding carboxylic acids is 2. The zero-order valence-corrected chi connectivity index (χ0v) is 34.0. The topological polar surface area (TPSA) is 145 Å². The molecule has 0 heterocycles. The van der Waals surface area contributed by atoms with Crippen LogP contribution in [0.5, 0.6) is 11.5 Å². The Labute approximate surface area is 326 Å². The molecule has 4 rings (SSSR count). The number of phenolic OH excluding ortho intramolecular Hbond substituents is 2. The van der Waals surface area contributed by atoms with Gasteiger partial charge in [-0.2, -0.15) is 0 Å². The Bertz CT molecular complexity index is 1740. The number of carbonyl (C=O) groups is 2. The second-order valence-electron chi connectivity index (χ2n) is 15.0. The third-order valence-electron chi connectivity index (χ3n) is 8.20. The Balaban J connectivity index is 0.00000142. The summed E-state index contributed by atoms with van der Waals surface area (Å²) in [5.41, 5.74) is 6.94. The molecule has 1 radical (unpaired) electrons. The molecule has 0 saturated carbocycles. The number of rotatable bonds is 10. The van der Waals surface area contributed by atoms with Crippen LogP contribution in [0.25, 0.3) is 10.8 Å². The van der Waals surface area contributed by atoms with E-state index in [0.717, 1.165) is 96.8 Å². The average Bonchev–Trinajstić information content (AvgIpc) is 3.04. The summed E-state index contributed by atoms with van der Waals surface area (Å²) in [4.78, 5) is 27.6. The molecule has 0 aliphatic heterocycles. The molecule has 0 atom stereocenters. The summed E-state index contributed by atoms with van der Waals surface area (Å²) in [7, 11) is 0. The van der Waals surface area contributed by atoms with E-state index in [4.69, 9.17) is 29.8 Å². The van der Waals surface area contributed by atoms with Crippen molar-refractivity contribution >= 4 is 46.5 Å². The van der Waals surface area contributed by atoms with Gasteiger partial charge in [0.25, 0.3) is 0 Å². The quantitative estimate of drug-likeness (QED) is 0.155. The van der Waals surface area contributed by atoms with Crippen LogP contribution >= 0.6 is 0 Å². The number of carboxylic acids is 2. The van der Waals surface area contributed by atoms with E-state index < -0.39 is 11.9 Å². The predicted molar refractivity (Wildman–Crippen MR) is 211 cm³/mol. The molecule has 0 aliphatic rings. The van der Waals surface area contributed by atoms with Crippen molar-refractivity contribution in [2.45, 2.75) is 119 Å². The number of fused-ring (bicyclic) bond motifs is 1. The molecular formula is C44H56CoN2O6. The largest absolute Gasteiger partial charge is 2.00 e. The first-order valence-corrected chi connectivity index (χ1v) is 18.0. The van der Waals surface area contributed by atoms with Crippen molar-refractivity contribution < 1.29 is 46.8 Å². The molecule has 0 saturated heterocycles. The maximum absolute atomic E-state index is 11.3. The normalized spacial score (nSPS) is 11.4. The zero-order chi connectivity index (χ0) is 39.2. The number of nitrogens with zero attached hydrogens (tertiary/aromatic N) is 2. The van der Waals surface area contributed by atoms with Crippen molar-refractivity contribution in [2.75, 3.05) is 0 Å². The summed E-state index contributed by atoms with van der Waals surface area (Å²) in [5.74, 6) is -1.60. The Morgan fingerprint density at radius 2 is 1.00 bits per heavy atom. The van der Waals surface area contributed by atoms with Gasteiger partial charge in [-0.05, 0) is 91.1 Å². The number of aliphatic imine (C=N–C) groups is 2. The first-order chi connectivity index (χ1) is 24.3. The van der Waals surface area contributed by atoms with Crippen LogP contribution in [0.2, 0.25) is 0 Å². The van der Waals surface area contributed by atoms with Gasteiger partial charge in [-0.25, -0.2) is 0 Å². The van der Waals surface area contributed by atoms with Gasteiger partial charge in [-0.3, -0.25) is 9.98 Å². The van der Waals surface area contributed by atoms with E-state index in [1.165, 1.54) is 11.1 Å². The maximum Gasteiger partial charge on any atom is 2.00 e. The van der Waals surface area contributed by atoms with Crippen LogP contribution in [0, 0.1) is 0 Å². The average molecular weight is 768 g/mol. The maximum atomic E-state index is 11.3. The number of benzene rings is 4. The van der Waals surface area contributed by atoms with E-state index in [2.05, 4.69) is 91.8 Å². The molecule has 0 aliphatic carbocycles. The first kappa shape index (κ1) is 46.5. The van der Waals surface area contributed by atoms with Crippen LogP contribution in [0.15, 0.2) is 70.6 Å². The smallest absolute Gasteiger partial charge is 0.550 e. The molecule has 0 amide bonds. The Hall–Kier alpha value is -4.47. The molecule has 0 unspecified atom stereocenters. The van der Waals surface area contributed by atoms with Gasteiger partial charge in [0, 0.05) is 52.0 Å². The van der Waals surface area contributed by atoms with Crippen LogP contribution in [0.4, 0.5) is 11.4 Å². The van der Waals surface area contributed by atoms with Gasteiger partial charge in [0.15, 0.2) is 0 Å². The summed E-state index contributed by atoms with van der Waals surface area (Å²) >= 11 is 0. The van der Waals surface area contributed by atoms with Crippen LogP contribution in [-0.4, -0.2) is 34.6 Å². The summed E-state index contributed by atoms with van der Waals surface area (Å²) in [6.45, 7) is 19.1. The number of phenols is 2. The van der Waals surface area contributed by atoms with Crippen LogP contribution in [0.3, 0.4) is 0 Å². The van der Waals surface area contributed by atoms with Gasteiger partial charge in [-0.15, -0.1) is 0 Å². The van der Waals surface area contributed by atoms with E-state index in [-0.39, 0.29) is 39.1 Å². The molecule has 9 heteroatoms. The van der Waals surface area contributed by atoms with Crippen molar-refractivity contribution in [2.24, 2.45) is 9.98 Å². The minimum atomic E-state index is -1.08. The Kier molecular flexibility index (Phi) is 18.7. The van der Waals surface area contributed by atoms with Gasteiger partial charge >= 0.3 is 16.8 Å². The molecule has 4 aromatic carbocycles. The monoisotopic (exact) mass is 767 g/mol. The number of hydrogen-bond acceptors (Lipinski definition) is 8. The molecule has 287 valence electrons. The van der Waals surface area contributed by atoms with Crippen LogP contribution in [-0.2, 0) is 50.0 Å². The molecule has 0 aromatic heterocycles. The SMILES string of the molecule is CC(=O)[O-].CC(=O)[O-].CCCCc1cc(C=Nc2cccc3cccc(N=Cc4cc(CCCC)cc(C(C)(C)C)c4O)c23)c(O)c(C(C)(C)C)c1.[Co+2]. The summed E-state index contributed by atoms with van der Waals surface area (Å²) in [6.07, 6.45) is 9.95. The van der Waals surface area contributed by atoms with Crippen molar-refractivity contribution in [1.82, 2.24) is 0 Å². The third kappa shape index (κ3) is 14.8. The second kappa shape index (κ2) is 21.3. The van der Waals surface area contributed by atoms with Crippen molar-refractivity contribution in [3.05, 3.63) is 94.0 Å². The standard InChI is InChI=1S/C40H50N2O2.2C2H4O2.Co/c1-9-11-15-27-21-30(37(43)32(23-27)39(3,4)5)25-41-34-19-13-17-29-18-14-20-35(36(29)34)42-26-31-22-28(16-12-10-2)24-33(38(31)44)40(6,7)8;2*1-2(3)4;/h13-14,17-26,43-44H,9-12,15-16H2,1-8H3;2*1H3,(H,3,4);/q;;;+2/p-2. The number of carboxylic acid groups (broad SMARTS) is 2. The van der Waals surface area contributed by atoms with E-state index >= 15 is 0 Å². The summed E-state index contributed by atoms with van der Waals surface area (Å²) < 4.78 is 0. The Morgan fingerprint density at radius 1 is 0.660 bits per heavy atom. The molecule has 2 N–H and O–H groups in total. The van der Waals surface area contributed by atoms with E-state index in [1.54, 1.807) is 12.4 Å². The zero-order valence-electron chi connectivity index (χ0n) is 32.9. The van der Waals surface area contributed by atoms with E-state index in [1.807, 2.05) is 24.3 Å². The molecule has 8 nitrogen and oxygen atoms in total. The van der Waals surface area contributed by atoms with Gasteiger partial charge in [0.1, 0.15) is 11.5 Å². The first-order valence-electron chi connectivity index (χ1n) is 18.0. The molecular weight excluding hydrogens is 711 g/mol. The van der Waals surface area contributed by atoms with Crippen LogP contribution in [0.1, 0.15) is 128 Å². The summed E-state index contributed by atoms with van der Waals surface area (Å²) in [5, 5.41) is 42.3. The molecule has 0 spiro atoms. The number of aromatic hydroxyl groups is 2. The van der Waals surface area contributed by atoms with E-state index in [0.29, 0.717) is 0 Å². The number of aryl methyl sites for hydroxylation is 2. The fraction of sp³-hybridized carbons (Fsp3) is 0.409. The van der Waals surface area contributed by atoms with Gasteiger partial charge in [-0.1, -0.05) is 105 Å². The van der Waals surface area contributed by atoms with Crippen molar-refractivity contribution in [3.63, 3.8) is 0 Å². The Morgan fingerprint density at radius 3 is 1.30 bits per heavy atom. The number of unbranched alkanes of at least 4 members (excludes halogenated alkanes) is 2. The molecule has 0 bridgehead atoms. The predicted octanol–water partition coefficient (Wildman–Crippen LogP) is 8.54. The minimum absolute atomic E-state index is 0. The number of aliphatic carboxylic acids is 2. The van der Waals surface area contributed by atoms with Crippen molar-refractivity contribution in [3.8, 4) is 11.5 Å². The second-order valence-corrected chi connectivity index (χ2v) is 15.0. The fourth-order valence-corrected chi connectivity index (χ4v) is 5.62. The van der Waals surface area contributed by atoms with E-state index in [9.17, 15) is 10.2 Å². The van der Waals surface area contributed by atoms with Crippen molar-refractivity contribution in [1.29, 1.82) is 0 Å². The fourth-order valence-electron chi connectivity index (χ4n) is 5.62. The van der Waals surface area contributed by atoms with Gasteiger partial charge in [0.05, 0.1) is 11.4 Å². The third-order valence-corrected chi connectivity index (χ3v) is 8.20. The van der Waals surface area contributed by atoms with Gasteiger partial charge in [0.2, 0.25) is 0 Å². The van der Waals surface area contributed by atoms with Crippen LogP contribution < -0.4 is 10.2 Å². The summed E-state index contributed by atoms with van der Waals surface area (Å²) in [6, 6.07) is 20.5. The minimum Gasteiger partial charge on any atom is -0.550 e.